The van der Waals surface area contributed by atoms with Crippen LogP contribution in [0, 0.1) is 0 Å². The molecule has 0 aliphatic carbocycles. The van der Waals surface area contributed by atoms with E-state index in [1.54, 1.807) is 18.2 Å². The highest BCUT2D eigenvalue weighted by molar-refractivity contribution is 6.31. The molecule has 0 aliphatic heterocycles. The fourth-order valence-electron chi connectivity index (χ4n) is 3.56. The maximum atomic E-state index is 13.3. The Morgan fingerprint density at radius 2 is 1.83 bits per heavy atom. The lowest BCUT2D eigenvalue weighted by Crippen LogP contribution is -2.09. The number of ketones is 1. The summed E-state index contributed by atoms with van der Waals surface area (Å²) in [6, 6.07) is 11.8. The number of halogens is 4. The van der Waals surface area contributed by atoms with Gasteiger partial charge in [0.2, 0.25) is 0 Å². The molecule has 4 rings (SSSR count). The molecule has 4 aromatic rings. The maximum absolute atomic E-state index is 13.3. The van der Waals surface area contributed by atoms with Gasteiger partial charge in [0.1, 0.15) is 23.0 Å². The molecule has 2 aromatic carbocycles. The van der Waals surface area contributed by atoms with E-state index < -0.39 is 11.7 Å². The summed E-state index contributed by atoms with van der Waals surface area (Å²) in [5.74, 6) is 1.14. The largest absolute Gasteiger partial charge is 0.457 e. The van der Waals surface area contributed by atoms with Crippen molar-refractivity contribution >= 4 is 28.3 Å². The predicted octanol–water partition coefficient (Wildman–Crippen LogP) is 7.34. The van der Waals surface area contributed by atoms with Crippen LogP contribution in [0.25, 0.3) is 10.9 Å². The van der Waals surface area contributed by atoms with Crippen LogP contribution in [0.4, 0.5) is 13.2 Å². The number of alkyl halides is 3. The second-order valence-electron chi connectivity index (χ2n) is 9.19. The Kier molecular flexibility index (Phi) is 6.60. The number of hydrogen-bond acceptors (Lipinski definition) is 5. The molecule has 0 unspecified atom stereocenters. The van der Waals surface area contributed by atoms with Crippen LogP contribution < -0.4 is 4.74 Å². The van der Waals surface area contributed by atoms with Crippen molar-refractivity contribution in [1.29, 1.82) is 0 Å². The normalized spacial score (nSPS) is 12.2. The van der Waals surface area contributed by atoms with Gasteiger partial charge in [-0.05, 0) is 35.9 Å². The van der Waals surface area contributed by atoms with Crippen molar-refractivity contribution in [3.63, 3.8) is 0 Å². The Labute approximate surface area is 204 Å². The Hall–Kier alpha value is -3.39. The summed E-state index contributed by atoms with van der Waals surface area (Å²) in [5.41, 5.74) is -0.0920. The highest BCUT2D eigenvalue weighted by Crippen LogP contribution is 2.38. The lowest BCUT2D eigenvalue weighted by atomic mass is 9.93. The van der Waals surface area contributed by atoms with Crippen LogP contribution in [-0.2, 0) is 29.2 Å². The molecule has 35 heavy (non-hydrogen) atoms. The molecule has 0 spiro atoms. The SMILES string of the molecule is CC(C)(C)c1cc(CC(=O)Cc2ccc(Oc3ccnc4c(C(F)(F)F)cccc34)cc2Cl)no1. The molecule has 0 saturated heterocycles. The number of carbonyl (C=O) groups excluding carboxylic acids is 1. The first kappa shape index (κ1) is 24.7. The van der Waals surface area contributed by atoms with Crippen LogP contribution in [-0.4, -0.2) is 15.9 Å². The Morgan fingerprint density at radius 3 is 2.49 bits per heavy atom. The lowest BCUT2D eigenvalue weighted by Gasteiger charge is -2.13. The number of ether oxygens (including phenoxy) is 1. The molecule has 5 nitrogen and oxygen atoms in total. The molecule has 0 N–H and O–H groups in total. The number of carbonyl (C=O) groups is 1. The number of Topliss-reactive ketones (excluding diaryl/α,β-unsaturated/α-hetero) is 1. The van der Waals surface area contributed by atoms with Crippen LogP contribution >= 0.6 is 11.6 Å². The van der Waals surface area contributed by atoms with Gasteiger partial charge in [0.15, 0.2) is 0 Å². The van der Waals surface area contributed by atoms with Crippen LogP contribution in [0.3, 0.4) is 0 Å². The fourth-order valence-corrected chi connectivity index (χ4v) is 3.79. The minimum Gasteiger partial charge on any atom is -0.457 e. The summed E-state index contributed by atoms with van der Waals surface area (Å²) < 4.78 is 51.2. The van der Waals surface area contributed by atoms with Gasteiger partial charge in [-0.25, -0.2) is 0 Å². The quantitative estimate of drug-likeness (QED) is 0.276. The van der Waals surface area contributed by atoms with Gasteiger partial charge in [0.25, 0.3) is 0 Å². The number of fused-ring (bicyclic) bond motifs is 1. The maximum Gasteiger partial charge on any atom is 0.418 e. The number of para-hydroxylation sites is 1. The van der Waals surface area contributed by atoms with Gasteiger partial charge in [-0.15, -0.1) is 0 Å². The van der Waals surface area contributed by atoms with E-state index in [4.69, 9.17) is 20.9 Å². The van der Waals surface area contributed by atoms with Crippen molar-refractivity contribution in [3.8, 4) is 11.5 Å². The average Bonchev–Trinajstić information content (AvgIpc) is 3.24. The molecular weight excluding hydrogens is 481 g/mol. The first-order valence-electron chi connectivity index (χ1n) is 10.8. The minimum absolute atomic E-state index is 0.0873. The van der Waals surface area contributed by atoms with Gasteiger partial charge < -0.3 is 9.26 Å². The van der Waals surface area contributed by atoms with Gasteiger partial charge in [-0.2, -0.15) is 13.2 Å². The van der Waals surface area contributed by atoms with E-state index in [0.717, 1.165) is 6.07 Å². The average molecular weight is 503 g/mol. The van der Waals surface area contributed by atoms with Crippen molar-refractivity contribution in [3.05, 3.63) is 82.3 Å². The Balaban J connectivity index is 1.50. The van der Waals surface area contributed by atoms with E-state index in [-0.39, 0.29) is 40.7 Å². The second kappa shape index (κ2) is 9.34. The van der Waals surface area contributed by atoms with Crippen molar-refractivity contribution in [2.24, 2.45) is 0 Å². The Morgan fingerprint density at radius 1 is 1.06 bits per heavy atom. The van der Waals surface area contributed by atoms with E-state index in [1.165, 1.54) is 30.5 Å². The van der Waals surface area contributed by atoms with Crippen molar-refractivity contribution in [2.75, 3.05) is 0 Å². The topological polar surface area (TPSA) is 65.2 Å². The number of nitrogens with zero attached hydrogens (tertiary/aromatic N) is 2. The van der Waals surface area contributed by atoms with E-state index in [9.17, 15) is 18.0 Å². The summed E-state index contributed by atoms with van der Waals surface area (Å²) in [6.07, 6.45) is -3.08. The minimum atomic E-state index is -4.54. The smallest absolute Gasteiger partial charge is 0.418 e. The van der Waals surface area contributed by atoms with Crippen LogP contribution in [0.15, 0.2) is 59.3 Å². The molecule has 2 aromatic heterocycles. The molecule has 182 valence electrons. The number of hydrogen-bond donors (Lipinski definition) is 0. The van der Waals surface area contributed by atoms with Gasteiger partial charge in [0.05, 0.1) is 23.2 Å². The molecule has 0 atom stereocenters. The monoisotopic (exact) mass is 502 g/mol. The molecule has 0 saturated carbocycles. The highest BCUT2D eigenvalue weighted by Gasteiger charge is 2.33. The molecule has 0 amide bonds. The van der Waals surface area contributed by atoms with Gasteiger partial charge in [-0.3, -0.25) is 9.78 Å². The number of rotatable bonds is 6. The van der Waals surface area contributed by atoms with Gasteiger partial charge in [0, 0.05) is 34.5 Å². The number of benzene rings is 2. The molecule has 0 aliphatic rings. The van der Waals surface area contributed by atoms with E-state index in [2.05, 4.69) is 10.1 Å². The van der Waals surface area contributed by atoms with Crippen molar-refractivity contribution in [1.82, 2.24) is 10.1 Å². The first-order chi connectivity index (χ1) is 16.4. The number of aromatic nitrogens is 2. The molecule has 0 bridgehead atoms. The molecule has 0 radical (unpaired) electrons. The standard InChI is InChI=1S/C26H22ClF3N2O3/c1-25(2,3)23-13-16(32-35-23)12-17(33)11-15-7-8-18(14-21(15)27)34-22-9-10-31-24-19(22)5-4-6-20(24)26(28,29)30/h4-10,13-14H,11-12H2,1-3H3. The van der Waals surface area contributed by atoms with Gasteiger partial charge in [-0.1, -0.05) is 49.7 Å². The summed E-state index contributed by atoms with van der Waals surface area (Å²) in [4.78, 5) is 16.4. The van der Waals surface area contributed by atoms with Crippen molar-refractivity contribution in [2.45, 2.75) is 45.2 Å². The van der Waals surface area contributed by atoms with E-state index in [1.807, 2.05) is 20.8 Å². The Bertz CT molecular complexity index is 1390. The third kappa shape index (κ3) is 5.65. The van der Waals surface area contributed by atoms with Crippen LogP contribution in [0.5, 0.6) is 11.5 Å². The van der Waals surface area contributed by atoms with E-state index in [0.29, 0.717) is 27.8 Å². The summed E-state index contributed by atoms with van der Waals surface area (Å²) in [5, 5.41) is 4.50. The third-order valence-electron chi connectivity index (χ3n) is 5.35. The van der Waals surface area contributed by atoms with Gasteiger partial charge >= 0.3 is 6.18 Å². The molecule has 9 heteroatoms. The predicted molar refractivity (Wildman–Crippen MR) is 126 cm³/mol. The first-order valence-corrected chi connectivity index (χ1v) is 11.2. The molecular formula is C26H22ClF3N2O3. The number of pyridine rings is 1. The molecule has 2 heterocycles. The summed E-state index contributed by atoms with van der Waals surface area (Å²) in [6.45, 7) is 5.98. The zero-order valence-electron chi connectivity index (χ0n) is 19.2. The zero-order chi connectivity index (χ0) is 25.4. The fraction of sp³-hybridized carbons (Fsp3) is 0.269. The summed E-state index contributed by atoms with van der Waals surface area (Å²) >= 11 is 6.38. The van der Waals surface area contributed by atoms with Crippen molar-refractivity contribution < 1.29 is 27.2 Å². The second-order valence-corrected chi connectivity index (χ2v) is 9.60. The zero-order valence-corrected chi connectivity index (χ0v) is 20.0. The summed E-state index contributed by atoms with van der Waals surface area (Å²) in [7, 11) is 0. The molecule has 0 fully saturated rings. The van der Waals surface area contributed by atoms with E-state index >= 15 is 0 Å². The third-order valence-corrected chi connectivity index (χ3v) is 5.70. The van der Waals surface area contributed by atoms with Crippen LogP contribution in [0.1, 0.15) is 43.4 Å². The highest BCUT2D eigenvalue weighted by atomic mass is 35.5. The lowest BCUT2D eigenvalue weighted by molar-refractivity contribution is -0.136. The van der Waals surface area contributed by atoms with Crippen LogP contribution in [0.2, 0.25) is 5.02 Å².